The lowest BCUT2D eigenvalue weighted by Gasteiger charge is -2.24. The molecule has 0 N–H and O–H groups in total. The van der Waals surface area contributed by atoms with Gasteiger partial charge in [-0.05, 0) is 6.42 Å². The summed E-state index contributed by atoms with van der Waals surface area (Å²) in [6, 6.07) is 0. The summed E-state index contributed by atoms with van der Waals surface area (Å²) < 4.78 is 5.26. The maximum atomic E-state index is 5.26. The molecule has 1 aliphatic heterocycles. The Balaban J connectivity index is 2.18. The van der Waals surface area contributed by atoms with Crippen molar-refractivity contribution in [3.05, 3.63) is 0 Å². The van der Waals surface area contributed by atoms with Crippen LogP contribution in [0, 0.1) is 17.8 Å². The Labute approximate surface area is 81.3 Å². The maximum Gasteiger partial charge on any atom is 0.0603 e. The zero-order valence-electron chi connectivity index (χ0n) is 8.68. The third-order valence-corrected chi connectivity index (χ3v) is 2.37. The summed E-state index contributed by atoms with van der Waals surface area (Å²) in [5.41, 5.74) is 0. The minimum atomic E-state index is 0.543. The van der Waals surface area contributed by atoms with E-state index in [-0.39, 0.29) is 0 Å². The highest BCUT2D eigenvalue weighted by atomic mass is 16.5. The monoisotopic (exact) mass is 181 g/mol. The van der Waals surface area contributed by atoms with Crippen molar-refractivity contribution in [2.45, 2.75) is 20.3 Å². The first-order valence-electron chi connectivity index (χ1n) is 5.11. The van der Waals surface area contributed by atoms with Gasteiger partial charge in [0.2, 0.25) is 0 Å². The van der Waals surface area contributed by atoms with Crippen molar-refractivity contribution in [2.24, 2.45) is 5.92 Å². The molecule has 0 amide bonds. The normalized spacial score (nSPS) is 20.5. The first-order chi connectivity index (χ1) is 6.33. The summed E-state index contributed by atoms with van der Waals surface area (Å²) >= 11 is 0. The van der Waals surface area contributed by atoms with Crippen molar-refractivity contribution in [3.63, 3.8) is 0 Å². The van der Waals surface area contributed by atoms with Crippen molar-refractivity contribution in [2.75, 3.05) is 32.8 Å². The van der Waals surface area contributed by atoms with Gasteiger partial charge in [0.1, 0.15) is 0 Å². The van der Waals surface area contributed by atoms with Gasteiger partial charge in [0.25, 0.3) is 0 Å². The van der Waals surface area contributed by atoms with Crippen molar-refractivity contribution in [1.82, 2.24) is 4.90 Å². The van der Waals surface area contributed by atoms with E-state index in [9.17, 15) is 0 Å². The summed E-state index contributed by atoms with van der Waals surface area (Å²) in [4.78, 5) is 2.35. The van der Waals surface area contributed by atoms with Crippen LogP contribution in [0.2, 0.25) is 0 Å². The molecule has 0 aromatic rings. The molecule has 0 aromatic heterocycles. The Hall–Kier alpha value is -0.520. The van der Waals surface area contributed by atoms with Crippen LogP contribution < -0.4 is 0 Å². The predicted octanol–water partition coefficient (Wildman–Crippen LogP) is 1.37. The molecule has 2 nitrogen and oxygen atoms in total. The molecule has 0 saturated carbocycles. The quantitative estimate of drug-likeness (QED) is 0.597. The Morgan fingerprint density at radius 3 is 2.69 bits per heavy atom. The standard InChI is InChI=1S/C11H19NO/c1-3-11(2)5-4-6-12-7-9-13-10-8-12/h11H,3,6-10H2,1-2H3. The molecule has 0 aromatic carbocycles. The topological polar surface area (TPSA) is 12.5 Å². The van der Waals surface area contributed by atoms with Crippen LogP contribution in [0.25, 0.3) is 0 Å². The average molecular weight is 181 g/mol. The fourth-order valence-electron chi connectivity index (χ4n) is 1.19. The molecule has 1 unspecified atom stereocenters. The number of hydrogen-bond acceptors (Lipinski definition) is 2. The van der Waals surface area contributed by atoms with Crippen molar-refractivity contribution < 1.29 is 4.74 Å². The largest absolute Gasteiger partial charge is 0.379 e. The van der Waals surface area contributed by atoms with E-state index in [1.54, 1.807) is 0 Å². The second kappa shape index (κ2) is 6.01. The second-order valence-electron chi connectivity index (χ2n) is 3.52. The van der Waals surface area contributed by atoms with Crippen LogP contribution in [0.15, 0.2) is 0 Å². The summed E-state index contributed by atoms with van der Waals surface area (Å²) in [7, 11) is 0. The van der Waals surface area contributed by atoms with Gasteiger partial charge in [0, 0.05) is 19.0 Å². The first kappa shape index (κ1) is 10.6. The highest BCUT2D eigenvalue weighted by Gasteiger charge is 2.07. The van der Waals surface area contributed by atoms with Gasteiger partial charge < -0.3 is 4.74 Å². The molecular weight excluding hydrogens is 162 g/mol. The molecule has 0 aliphatic carbocycles. The van der Waals surface area contributed by atoms with E-state index in [0.717, 1.165) is 39.3 Å². The van der Waals surface area contributed by atoms with E-state index in [1.807, 2.05) is 0 Å². The number of morpholine rings is 1. The second-order valence-corrected chi connectivity index (χ2v) is 3.52. The van der Waals surface area contributed by atoms with Crippen LogP contribution in [0.4, 0.5) is 0 Å². The molecule has 1 atom stereocenters. The van der Waals surface area contributed by atoms with Crippen LogP contribution >= 0.6 is 0 Å². The molecule has 0 radical (unpaired) electrons. The summed E-state index contributed by atoms with van der Waals surface area (Å²) in [5.74, 6) is 7.02. The molecule has 1 aliphatic rings. The van der Waals surface area contributed by atoms with Gasteiger partial charge in [-0.2, -0.15) is 0 Å². The van der Waals surface area contributed by atoms with Crippen LogP contribution in [-0.4, -0.2) is 37.7 Å². The number of nitrogens with zero attached hydrogens (tertiary/aromatic N) is 1. The van der Waals surface area contributed by atoms with E-state index in [4.69, 9.17) is 4.74 Å². The van der Waals surface area contributed by atoms with Crippen LogP contribution in [-0.2, 0) is 4.74 Å². The molecule has 2 heteroatoms. The minimum absolute atomic E-state index is 0.543. The summed E-state index contributed by atoms with van der Waals surface area (Å²) in [6.45, 7) is 9.06. The predicted molar refractivity (Wildman–Crippen MR) is 54.5 cm³/mol. The zero-order chi connectivity index (χ0) is 9.52. The Morgan fingerprint density at radius 2 is 2.08 bits per heavy atom. The van der Waals surface area contributed by atoms with Crippen LogP contribution in [0.3, 0.4) is 0 Å². The smallest absolute Gasteiger partial charge is 0.0603 e. The third-order valence-electron chi connectivity index (χ3n) is 2.37. The molecule has 0 bridgehead atoms. The molecule has 1 heterocycles. The van der Waals surface area contributed by atoms with Crippen molar-refractivity contribution in [1.29, 1.82) is 0 Å². The zero-order valence-corrected chi connectivity index (χ0v) is 8.68. The fourth-order valence-corrected chi connectivity index (χ4v) is 1.19. The Morgan fingerprint density at radius 1 is 1.38 bits per heavy atom. The maximum absolute atomic E-state index is 5.26. The highest BCUT2D eigenvalue weighted by Crippen LogP contribution is 1.98. The van der Waals surface area contributed by atoms with E-state index in [2.05, 4.69) is 30.6 Å². The third kappa shape index (κ3) is 4.31. The molecule has 13 heavy (non-hydrogen) atoms. The fraction of sp³-hybridized carbons (Fsp3) is 0.818. The van der Waals surface area contributed by atoms with Crippen molar-refractivity contribution >= 4 is 0 Å². The molecule has 1 rings (SSSR count). The van der Waals surface area contributed by atoms with Gasteiger partial charge in [-0.3, -0.25) is 4.90 Å². The number of ether oxygens (including phenoxy) is 1. The lowest BCUT2D eigenvalue weighted by atomic mass is 10.1. The van der Waals surface area contributed by atoms with Crippen molar-refractivity contribution in [3.8, 4) is 11.8 Å². The van der Waals surface area contributed by atoms with Gasteiger partial charge in [-0.1, -0.05) is 25.7 Å². The minimum Gasteiger partial charge on any atom is -0.379 e. The van der Waals surface area contributed by atoms with Gasteiger partial charge in [-0.15, -0.1) is 0 Å². The molecule has 1 saturated heterocycles. The highest BCUT2D eigenvalue weighted by molar-refractivity contribution is 5.04. The summed E-state index contributed by atoms with van der Waals surface area (Å²) in [6.07, 6.45) is 1.15. The lowest BCUT2D eigenvalue weighted by Crippen LogP contribution is -2.36. The van der Waals surface area contributed by atoms with E-state index >= 15 is 0 Å². The first-order valence-corrected chi connectivity index (χ1v) is 5.11. The van der Waals surface area contributed by atoms with E-state index in [0.29, 0.717) is 5.92 Å². The van der Waals surface area contributed by atoms with Gasteiger partial charge >= 0.3 is 0 Å². The SMILES string of the molecule is CCC(C)C#CCN1CCOCC1. The Bertz CT molecular complexity index is 186. The van der Waals surface area contributed by atoms with Gasteiger partial charge in [-0.25, -0.2) is 0 Å². The molecule has 1 fully saturated rings. The Kier molecular flexibility index (Phi) is 4.88. The summed E-state index contributed by atoms with van der Waals surface area (Å²) in [5, 5.41) is 0. The van der Waals surface area contributed by atoms with Gasteiger partial charge in [0.05, 0.1) is 19.8 Å². The molecule has 74 valence electrons. The van der Waals surface area contributed by atoms with Crippen LogP contribution in [0.1, 0.15) is 20.3 Å². The lowest BCUT2D eigenvalue weighted by molar-refractivity contribution is 0.0443. The number of rotatable bonds is 2. The van der Waals surface area contributed by atoms with E-state index < -0.39 is 0 Å². The van der Waals surface area contributed by atoms with Gasteiger partial charge in [0.15, 0.2) is 0 Å². The average Bonchev–Trinajstić information content (AvgIpc) is 2.19. The van der Waals surface area contributed by atoms with Crippen LogP contribution in [0.5, 0.6) is 0 Å². The van der Waals surface area contributed by atoms with E-state index in [1.165, 1.54) is 0 Å². The number of hydrogen-bond donors (Lipinski definition) is 0. The molecule has 0 spiro atoms. The molecular formula is C11H19NO.